The minimum Gasteiger partial charge on any atom is -0.493 e. The molecule has 0 radical (unpaired) electrons. The van der Waals surface area contributed by atoms with Crippen LogP contribution in [0.15, 0.2) is 42.5 Å². The van der Waals surface area contributed by atoms with Gasteiger partial charge >= 0.3 is 0 Å². The van der Waals surface area contributed by atoms with Crippen molar-refractivity contribution in [3.63, 3.8) is 0 Å². The molecule has 2 aromatic carbocycles. The Labute approximate surface area is 184 Å². The third-order valence-electron chi connectivity index (χ3n) is 5.03. The van der Waals surface area contributed by atoms with Crippen LogP contribution < -0.4 is 10.5 Å². The summed E-state index contributed by atoms with van der Waals surface area (Å²) in [6, 6.07) is 11.9. The number of benzene rings is 2. The fourth-order valence-electron chi connectivity index (χ4n) is 3.69. The van der Waals surface area contributed by atoms with Crippen LogP contribution in [0.1, 0.15) is 29.6 Å². The van der Waals surface area contributed by atoms with Gasteiger partial charge in [-0.1, -0.05) is 40.9 Å². The molecule has 3 rings (SSSR count). The molecule has 2 N–H and O–H groups in total. The number of halogens is 3. The molecule has 0 bridgehead atoms. The van der Waals surface area contributed by atoms with Crippen molar-refractivity contribution in [1.82, 2.24) is 4.90 Å². The van der Waals surface area contributed by atoms with Gasteiger partial charge in [-0.05, 0) is 49.2 Å². The van der Waals surface area contributed by atoms with E-state index in [0.717, 1.165) is 0 Å². The Morgan fingerprint density at radius 2 is 1.72 bits per heavy atom. The molecule has 1 aliphatic heterocycles. The van der Waals surface area contributed by atoms with Crippen LogP contribution in [0.4, 0.5) is 0 Å². The van der Waals surface area contributed by atoms with Crippen LogP contribution in [0.3, 0.4) is 0 Å². The number of likely N-dealkylation sites (tertiary alicyclic amines) is 1. The second kappa shape index (κ2) is 9.24. The first-order valence-electron chi connectivity index (χ1n) is 9.20. The van der Waals surface area contributed by atoms with Crippen molar-refractivity contribution in [3.8, 4) is 5.75 Å². The highest BCUT2D eigenvalue weighted by Crippen LogP contribution is 2.36. The quantitative estimate of drug-likeness (QED) is 0.678. The van der Waals surface area contributed by atoms with Crippen LogP contribution in [-0.2, 0) is 4.79 Å². The molecular weight excluding hydrogens is 435 g/mol. The Morgan fingerprint density at radius 3 is 2.34 bits per heavy atom. The number of amides is 2. The number of hydrogen-bond acceptors (Lipinski definition) is 3. The Hall–Kier alpha value is -1.95. The lowest BCUT2D eigenvalue weighted by atomic mass is 9.77. The van der Waals surface area contributed by atoms with Crippen molar-refractivity contribution in [2.24, 2.45) is 11.1 Å². The molecule has 0 spiro atoms. The molecule has 154 valence electrons. The molecule has 1 fully saturated rings. The number of nitrogens with two attached hydrogens (primary N) is 1. The molecule has 0 aliphatic carbocycles. The van der Waals surface area contributed by atoms with E-state index >= 15 is 0 Å². The third-order valence-corrected chi connectivity index (χ3v) is 5.92. The van der Waals surface area contributed by atoms with Crippen molar-refractivity contribution >= 4 is 46.6 Å². The topological polar surface area (TPSA) is 72.6 Å². The fourth-order valence-corrected chi connectivity index (χ4v) is 4.38. The summed E-state index contributed by atoms with van der Waals surface area (Å²) in [6.07, 6.45) is 1.54. The third kappa shape index (κ3) is 5.35. The van der Waals surface area contributed by atoms with E-state index < -0.39 is 11.3 Å². The largest absolute Gasteiger partial charge is 0.493 e. The number of carbonyl (C=O) groups is 2. The Bertz CT molecular complexity index is 884. The van der Waals surface area contributed by atoms with Crippen LogP contribution in [0.25, 0.3) is 0 Å². The highest BCUT2D eigenvalue weighted by Gasteiger charge is 2.40. The van der Waals surface area contributed by atoms with Crippen molar-refractivity contribution in [2.75, 3.05) is 19.7 Å². The van der Waals surface area contributed by atoms with Gasteiger partial charge in [0.05, 0.1) is 22.2 Å². The molecule has 0 unspecified atom stereocenters. The number of rotatable bonds is 6. The summed E-state index contributed by atoms with van der Waals surface area (Å²) in [5, 5.41) is 1.20. The monoisotopic (exact) mass is 454 g/mol. The van der Waals surface area contributed by atoms with Crippen molar-refractivity contribution in [3.05, 3.63) is 63.1 Å². The van der Waals surface area contributed by atoms with Crippen molar-refractivity contribution in [1.29, 1.82) is 0 Å². The van der Waals surface area contributed by atoms with E-state index in [4.69, 9.17) is 45.3 Å². The molecule has 2 amide bonds. The summed E-state index contributed by atoms with van der Waals surface area (Å²) >= 11 is 18.3. The summed E-state index contributed by atoms with van der Waals surface area (Å²) < 4.78 is 5.93. The number of primary amides is 1. The Kier molecular flexibility index (Phi) is 6.93. The van der Waals surface area contributed by atoms with E-state index in [1.807, 2.05) is 0 Å². The number of piperidine rings is 1. The first kappa shape index (κ1) is 21.8. The Balaban J connectivity index is 1.80. The minimum absolute atomic E-state index is 0.112. The van der Waals surface area contributed by atoms with E-state index in [1.165, 1.54) is 0 Å². The van der Waals surface area contributed by atoms with Gasteiger partial charge in [-0.15, -0.1) is 0 Å². The lowest BCUT2D eigenvalue weighted by molar-refractivity contribution is -0.122. The molecular formula is C21H21Cl3N2O3. The molecule has 29 heavy (non-hydrogen) atoms. The number of ether oxygens (including phenoxy) is 1. The van der Waals surface area contributed by atoms with Crippen LogP contribution in [0.2, 0.25) is 15.1 Å². The van der Waals surface area contributed by atoms with Crippen molar-refractivity contribution in [2.45, 2.75) is 19.3 Å². The highest BCUT2D eigenvalue weighted by molar-refractivity contribution is 6.39. The average molecular weight is 456 g/mol. The maximum atomic E-state index is 13.1. The second-order valence-corrected chi connectivity index (χ2v) is 8.56. The molecule has 0 aromatic heterocycles. The van der Waals surface area contributed by atoms with Gasteiger partial charge in [0.15, 0.2) is 0 Å². The second-order valence-electron chi connectivity index (χ2n) is 7.31. The number of hydrogen-bond donors (Lipinski definition) is 1. The van der Waals surface area contributed by atoms with Gasteiger partial charge in [0.25, 0.3) is 5.91 Å². The van der Waals surface area contributed by atoms with Gasteiger partial charge in [0.2, 0.25) is 5.91 Å². The van der Waals surface area contributed by atoms with Crippen LogP contribution in [-0.4, -0.2) is 36.4 Å². The lowest BCUT2D eigenvalue weighted by Crippen LogP contribution is -2.50. The van der Waals surface area contributed by atoms with E-state index in [9.17, 15) is 9.59 Å². The van der Waals surface area contributed by atoms with Gasteiger partial charge in [0, 0.05) is 29.9 Å². The zero-order valence-corrected chi connectivity index (χ0v) is 17.9. The smallest absolute Gasteiger partial charge is 0.256 e. The zero-order chi connectivity index (χ0) is 21.0. The normalized spacial score (nSPS) is 19.1. The zero-order valence-electron chi connectivity index (χ0n) is 15.7. The standard InChI is InChI=1S/C21H21Cl3N2O3/c22-14-5-7-15(8-6-14)29-13-21(11-18(25)27)9-2-10-26(12-21)20(28)19-16(23)3-1-4-17(19)24/h1,3-8H,2,9-13H2,(H2,25,27)/t21-/m1/s1. The fraction of sp³-hybridized carbons (Fsp3) is 0.333. The first-order chi connectivity index (χ1) is 13.8. The molecule has 1 atom stereocenters. The van der Waals surface area contributed by atoms with Gasteiger partial charge in [-0.2, -0.15) is 0 Å². The average Bonchev–Trinajstić information content (AvgIpc) is 2.67. The number of nitrogens with zero attached hydrogens (tertiary/aromatic N) is 1. The summed E-state index contributed by atoms with van der Waals surface area (Å²) in [7, 11) is 0. The maximum absolute atomic E-state index is 13.1. The molecule has 5 nitrogen and oxygen atoms in total. The number of carbonyl (C=O) groups excluding carboxylic acids is 2. The maximum Gasteiger partial charge on any atom is 0.256 e. The molecule has 8 heteroatoms. The Morgan fingerprint density at radius 1 is 1.07 bits per heavy atom. The van der Waals surface area contributed by atoms with E-state index in [1.54, 1.807) is 47.4 Å². The van der Waals surface area contributed by atoms with Crippen molar-refractivity contribution < 1.29 is 14.3 Å². The summed E-state index contributed by atoms with van der Waals surface area (Å²) in [5.41, 5.74) is 5.20. The van der Waals surface area contributed by atoms with E-state index in [0.29, 0.717) is 46.7 Å². The van der Waals surface area contributed by atoms with Gasteiger partial charge < -0.3 is 15.4 Å². The molecule has 1 aliphatic rings. The first-order valence-corrected chi connectivity index (χ1v) is 10.3. The van der Waals surface area contributed by atoms with Gasteiger partial charge in [-0.3, -0.25) is 9.59 Å². The van der Waals surface area contributed by atoms with Gasteiger partial charge in [0.1, 0.15) is 5.75 Å². The minimum atomic E-state index is -0.590. The highest BCUT2D eigenvalue weighted by atomic mass is 35.5. The predicted molar refractivity (Wildman–Crippen MR) is 115 cm³/mol. The summed E-state index contributed by atoms with van der Waals surface area (Å²) in [6.45, 7) is 1.11. The van der Waals surface area contributed by atoms with Crippen LogP contribution >= 0.6 is 34.8 Å². The SMILES string of the molecule is NC(=O)C[C@]1(COc2ccc(Cl)cc2)CCCN(C(=O)c2c(Cl)cccc2Cl)C1. The molecule has 0 saturated carbocycles. The molecule has 1 saturated heterocycles. The van der Waals surface area contributed by atoms with Gasteiger partial charge in [-0.25, -0.2) is 0 Å². The summed E-state index contributed by atoms with van der Waals surface area (Å²) in [5.74, 6) is -0.0636. The predicted octanol–water partition coefficient (Wildman–Crippen LogP) is 4.82. The molecule has 2 aromatic rings. The van der Waals surface area contributed by atoms with Crippen LogP contribution in [0, 0.1) is 5.41 Å². The van der Waals surface area contributed by atoms with Crippen LogP contribution in [0.5, 0.6) is 5.75 Å². The summed E-state index contributed by atoms with van der Waals surface area (Å²) in [4.78, 5) is 26.6. The van der Waals surface area contributed by atoms with E-state index in [-0.39, 0.29) is 24.5 Å². The van der Waals surface area contributed by atoms with E-state index in [2.05, 4.69) is 0 Å². The lowest BCUT2D eigenvalue weighted by Gasteiger charge is -2.42. The molecule has 1 heterocycles.